The van der Waals surface area contributed by atoms with E-state index in [2.05, 4.69) is 5.32 Å². The summed E-state index contributed by atoms with van der Waals surface area (Å²) in [5.74, 6) is 0.467. The highest BCUT2D eigenvalue weighted by Crippen LogP contribution is 2.29. The fourth-order valence-corrected chi connectivity index (χ4v) is 2.14. The maximum absolute atomic E-state index is 10.9. The van der Waals surface area contributed by atoms with Gasteiger partial charge in [-0.25, -0.2) is 0 Å². The predicted molar refractivity (Wildman–Crippen MR) is 92.3 cm³/mol. The first-order valence-corrected chi connectivity index (χ1v) is 7.98. The zero-order chi connectivity index (χ0) is 17.4. The molecule has 0 amide bonds. The van der Waals surface area contributed by atoms with Crippen LogP contribution in [0.1, 0.15) is 25.0 Å². The van der Waals surface area contributed by atoms with Crippen molar-refractivity contribution in [2.24, 2.45) is 0 Å². The van der Waals surface area contributed by atoms with E-state index < -0.39 is 12.0 Å². The van der Waals surface area contributed by atoms with Gasteiger partial charge in [0.25, 0.3) is 0 Å². The van der Waals surface area contributed by atoms with Crippen molar-refractivity contribution in [2.45, 2.75) is 33.0 Å². The van der Waals surface area contributed by atoms with E-state index in [0.29, 0.717) is 31.3 Å². The maximum atomic E-state index is 10.9. The van der Waals surface area contributed by atoms with Crippen LogP contribution in [-0.2, 0) is 17.9 Å². The van der Waals surface area contributed by atoms with E-state index >= 15 is 0 Å². The summed E-state index contributed by atoms with van der Waals surface area (Å²) in [6.07, 6.45) is 0. The second-order valence-electron chi connectivity index (χ2n) is 5.43. The fraction of sp³-hybridized carbons (Fsp3) is 0.316. The highest BCUT2D eigenvalue weighted by atomic mass is 16.5. The standard InChI is InChI=1S/C19H23NO4/c1-3-23-18-11-16(12-20-14(2)19(21)22)9-10-17(18)24-13-15-7-5-4-6-8-15/h4-11,14,20H,3,12-13H2,1-2H3,(H,21,22). The number of carbonyl (C=O) groups is 1. The van der Waals surface area contributed by atoms with Gasteiger partial charge in [0.1, 0.15) is 12.6 Å². The largest absolute Gasteiger partial charge is 0.490 e. The van der Waals surface area contributed by atoms with Crippen molar-refractivity contribution in [2.75, 3.05) is 6.61 Å². The molecule has 2 N–H and O–H groups in total. The van der Waals surface area contributed by atoms with E-state index in [0.717, 1.165) is 11.1 Å². The van der Waals surface area contributed by atoms with Crippen molar-refractivity contribution in [1.29, 1.82) is 0 Å². The van der Waals surface area contributed by atoms with E-state index in [1.807, 2.05) is 55.5 Å². The summed E-state index contributed by atoms with van der Waals surface area (Å²) in [5.41, 5.74) is 2.03. The first-order valence-electron chi connectivity index (χ1n) is 7.98. The third kappa shape index (κ3) is 5.28. The second kappa shape index (κ2) is 8.93. The molecule has 5 nitrogen and oxygen atoms in total. The molecule has 0 aliphatic heterocycles. The van der Waals surface area contributed by atoms with E-state index in [1.165, 1.54) is 0 Å². The SMILES string of the molecule is CCOc1cc(CNC(C)C(=O)O)ccc1OCc1ccccc1. The molecule has 2 aromatic carbocycles. The molecule has 0 spiro atoms. The van der Waals surface area contributed by atoms with Crippen molar-refractivity contribution in [1.82, 2.24) is 5.32 Å². The van der Waals surface area contributed by atoms with Crippen LogP contribution in [0, 0.1) is 0 Å². The van der Waals surface area contributed by atoms with E-state index in [4.69, 9.17) is 14.6 Å². The van der Waals surface area contributed by atoms with Gasteiger partial charge in [-0.3, -0.25) is 4.79 Å². The number of ether oxygens (including phenoxy) is 2. The molecule has 5 heteroatoms. The number of aliphatic carboxylic acids is 1. The smallest absolute Gasteiger partial charge is 0.320 e. The van der Waals surface area contributed by atoms with Crippen LogP contribution in [0.15, 0.2) is 48.5 Å². The highest BCUT2D eigenvalue weighted by molar-refractivity contribution is 5.72. The van der Waals surface area contributed by atoms with Gasteiger partial charge in [0.15, 0.2) is 11.5 Å². The highest BCUT2D eigenvalue weighted by Gasteiger charge is 2.11. The molecule has 0 aliphatic carbocycles. The first-order chi connectivity index (χ1) is 11.6. The summed E-state index contributed by atoms with van der Waals surface area (Å²) in [6, 6.07) is 15.0. The maximum Gasteiger partial charge on any atom is 0.320 e. The lowest BCUT2D eigenvalue weighted by Crippen LogP contribution is -2.33. The lowest BCUT2D eigenvalue weighted by Gasteiger charge is -2.14. The number of hydrogen-bond acceptors (Lipinski definition) is 4. The lowest BCUT2D eigenvalue weighted by molar-refractivity contribution is -0.139. The molecule has 0 aromatic heterocycles. The van der Waals surface area contributed by atoms with Crippen LogP contribution < -0.4 is 14.8 Å². The molecule has 0 aliphatic rings. The summed E-state index contributed by atoms with van der Waals surface area (Å²) < 4.78 is 11.5. The number of carboxylic acids is 1. The molecule has 0 saturated carbocycles. The van der Waals surface area contributed by atoms with Gasteiger partial charge >= 0.3 is 5.97 Å². The second-order valence-corrected chi connectivity index (χ2v) is 5.43. The van der Waals surface area contributed by atoms with Gasteiger partial charge in [0, 0.05) is 6.54 Å². The van der Waals surface area contributed by atoms with Crippen molar-refractivity contribution in [3.05, 3.63) is 59.7 Å². The lowest BCUT2D eigenvalue weighted by atomic mass is 10.2. The van der Waals surface area contributed by atoms with Crippen molar-refractivity contribution in [3.8, 4) is 11.5 Å². The zero-order valence-corrected chi connectivity index (χ0v) is 14.0. The van der Waals surface area contributed by atoms with Crippen LogP contribution >= 0.6 is 0 Å². The zero-order valence-electron chi connectivity index (χ0n) is 14.0. The Hall–Kier alpha value is -2.53. The Balaban J connectivity index is 2.04. The summed E-state index contributed by atoms with van der Waals surface area (Å²) in [6.45, 7) is 4.98. The van der Waals surface area contributed by atoms with Crippen LogP contribution in [0.5, 0.6) is 11.5 Å². The molecule has 1 unspecified atom stereocenters. The Labute approximate surface area is 142 Å². The molecule has 24 heavy (non-hydrogen) atoms. The number of carboxylic acid groups (broad SMARTS) is 1. The Bertz CT molecular complexity index is 658. The number of rotatable bonds is 9. The fourth-order valence-electron chi connectivity index (χ4n) is 2.14. The van der Waals surface area contributed by atoms with Crippen LogP contribution in [0.25, 0.3) is 0 Å². The Morgan fingerprint density at radius 2 is 1.83 bits per heavy atom. The van der Waals surface area contributed by atoms with Gasteiger partial charge in [0.05, 0.1) is 6.61 Å². The molecule has 0 saturated heterocycles. The third-order valence-electron chi connectivity index (χ3n) is 3.53. The first kappa shape index (κ1) is 17.8. The van der Waals surface area contributed by atoms with Gasteiger partial charge in [-0.2, -0.15) is 0 Å². The van der Waals surface area contributed by atoms with Gasteiger partial charge < -0.3 is 19.9 Å². The van der Waals surface area contributed by atoms with Crippen molar-refractivity contribution in [3.63, 3.8) is 0 Å². The van der Waals surface area contributed by atoms with Gasteiger partial charge in [-0.15, -0.1) is 0 Å². The van der Waals surface area contributed by atoms with E-state index in [1.54, 1.807) is 6.92 Å². The quantitative estimate of drug-likeness (QED) is 0.739. The molecule has 0 fully saturated rings. The van der Waals surface area contributed by atoms with Crippen LogP contribution in [0.3, 0.4) is 0 Å². The topological polar surface area (TPSA) is 67.8 Å². The molecule has 2 aromatic rings. The van der Waals surface area contributed by atoms with Crippen molar-refractivity contribution < 1.29 is 19.4 Å². The third-order valence-corrected chi connectivity index (χ3v) is 3.53. The average Bonchev–Trinajstić information content (AvgIpc) is 2.60. The number of hydrogen-bond donors (Lipinski definition) is 2. The van der Waals surface area contributed by atoms with Crippen LogP contribution in [-0.4, -0.2) is 23.7 Å². The molecule has 0 bridgehead atoms. The predicted octanol–water partition coefficient (Wildman–Crippen LogP) is 3.23. The summed E-state index contributed by atoms with van der Waals surface area (Å²) >= 11 is 0. The molecule has 0 radical (unpaired) electrons. The minimum atomic E-state index is -0.872. The van der Waals surface area contributed by atoms with Gasteiger partial charge in [-0.1, -0.05) is 36.4 Å². The minimum absolute atomic E-state index is 0.451. The molecular formula is C19H23NO4. The molecule has 128 valence electrons. The summed E-state index contributed by atoms with van der Waals surface area (Å²) in [7, 11) is 0. The number of nitrogens with one attached hydrogen (secondary N) is 1. The van der Waals surface area contributed by atoms with E-state index in [-0.39, 0.29) is 0 Å². The number of benzene rings is 2. The van der Waals surface area contributed by atoms with Gasteiger partial charge in [-0.05, 0) is 37.1 Å². The average molecular weight is 329 g/mol. The minimum Gasteiger partial charge on any atom is -0.490 e. The van der Waals surface area contributed by atoms with Crippen LogP contribution in [0.4, 0.5) is 0 Å². The molecule has 0 heterocycles. The Morgan fingerprint density at radius 3 is 2.50 bits per heavy atom. The van der Waals surface area contributed by atoms with Crippen LogP contribution in [0.2, 0.25) is 0 Å². The Kier molecular flexibility index (Phi) is 6.63. The summed E-state index contributed by atoms with van der Waals surface area (Å²) in [5, 5.41) is 11.9. The molecule has 1 atom stereocenters. The van der Waals surface area contributed by atoms with Crippen molar-refractivity contribution >= 4 is 5.97 Å². The molecule has 2 rings (SSSR count). The summed E-state index contributed by atoms with van der Waals surface area (Å²) in [4.78, 5) is 10.9. The van der Waals surface area contributed by atoms with Gasteiger partial charge in [0.2, 0.25) is 0 Å². The Morgan fingerprint density at radius 1 is 1.08 bits per heavy atom. The van der Waals surface area contributed by atoms with E-state index in [9.17, 15) is 4.79 Å². The molecular weight excluding hydrogens is 306 g/mol. The monoisotopic (exact) mass is 329 g/mol. The normalized spacial score (nSPS) is 11.8.